The Bertz CT molecular complexity index is 346. The first-order chi connectivity index (χ1) is 8.09. The Kier molecular flexibility index (Phi) is 5.63. The SMILES string of the molecule is Cc1ccc(CNCCNC(=O)C(C)C)cn1. The summed E-state index contributed by atoms with van der Waals surface area (Å²) in [6.45, 7) is 7.97. The van der Waals surface area contributed by atoms with Crippen LogP contribution in [0.1, 0.15) is 25.1 Å². The molecule has 2 N–H and O–H groups in total. The molecule has 1 heterocycles. The van der Waals surface area contributed by atoms with Gasteiger partial charge in [-0.05, 0) is 18.6 Å². The van der Waals surface area contributed by atoms with Gasteiger partial charge in [0.15, 0.2) is 0 Å². The fraction of sp³-hybridized carbons (Fsp3) is 0.538. The lowest BCUT2D eigenvalue weighted by Crippen LogP contribution is -2.34. The summed E-state index contributed by atoms with van der Waals surface area (Å²) in [4.78, 5) is 15.5. The van der Waals surface area contributed by atoms with Gasteiger partial charge >= 0.3 is 0 Å². The summed E-state index contributed by atoms with van der Waals surface area (Å²) in [6, 6.07) is 4.06. The Morgan fingerprint density at radius 2 is 2.12 bits per heavy atom. The monoisotopic (exact) mass is 235 g/mol. The second kappa shape index (κ2) is 7.01. The molecule has 0 aromatic carbocycles. The van der Waals surface area contributed by atoms with Crippen molar-refractivity contribution in [3.63, 3.8) is 0 Å². The molecule has 1 rings (SSSR count). The third kappa shape index (κ3) is 5.45. The first kappa shape index (κ1) is 13.6. The van der Waals surface area contributed by atoms with Gasteiger partial charge in [-0.25, -0.2) is 0 Å². The predicted octanol–water partition coefficient (Wildman–Crippen LogP) is 1.25. The van der Waals surface area contributed by atoms with E-state index in [1.807, 2.05) is 33.0 Å². The third-order valence-corrected chi connectivity index (χ3v) is 2.43. The van der Waals surface area contributed by atoms with E-state index >= 15 is 0 Å². The molecule has 4 nitrogen and oxygen atoms in total. The van der Waals surface area contributed by atoms with Crippen LogP contribution in [-0.2, 0) is 11.3 Å². The fourth-order valence-corrected chi connectivity index (χ4v) is 1.31. The smallest absolute Gasteiger partial charge is 0.222 e. The normalized spacial score (nSPS) is 10.6. The minimum Gasteiger partial charge on any atom is -0.355 e. The maximum absolute atomic E-state index is 11.3. The number of aryl methyl sites for hydroxylation is 1. The highest BCUT2D eigenvalue weighted by atomic mass is 16.1. The number of pyridine rings is 1. The van der Waals surface area contributed by atoms with Crippen molar-refractivity contribution >= 4 is 5.91 Å². The van der Waals surface area contributed by atoms with Gasteiger partial charge in [-0.1, -0.05) is 19.9 Å². The van der Waals surface area contributed by atoms with Crippen LogP contribution in [0.3, 0.4) is 0 Å². The number of carbonyl (C=O) groups is 1. The highest BCUT2D eigenvalue weighted by Gasteiger charge is 2.04. The standard InChI is InChI=1S/C13H21N3O/c1-10(2)13(17)15-7-6-14-8-12-5-4-11(3)16-9-12/h4-5,9-10,14H,6-8H2,1-3H3,(H,15,17). The van der Waals surface area contributed by atoms with Gasteiger partial charge in [0, 0.05) is 37.4 Å². The van der Waals surface area contributed by atoms with Gasteiger partial charge in [-0.2, -0.15) is 0 Å². The molecule has 0 saturated carbocycles. The maximum Gasteiger partial charge on any atom is 0.222 e. The van der Waals surface area contributed by atoms with Crippen LogP contribution in [0.5, 0.6) is 0 Å². The van der Waals surface area contributed by atoms with Gasteiger partial charge in [-0.3, -0.25) is 9.78 Å². The van der Waals surface area contributed by atoms with Crippen molar-refractivity contribution in [1.82, 2.24) is 15.6 Å². The third-order valence-electron chi connectivity index (χ3n) is 2.43. The molecule has 0 aliphatic carbocycles. The Balaban J connectivity index is 2.12. The van der Waals surface area contributed by atoms with Crippen molar-refractivity contribution in [2.45, 2.75) is 27.3 Å². The van der Waals surface area contributed by atoms with Gasteiger partial charge < -0.3 is 10.6 Å². The molecule has 1 aromatic rings. The summed E-state index contributed by atoms with van der Waals surface area (Å²) >= 11 is 0. The van der Waals surface area contributed by atoms with Gasteiger partial charge in [0.1, 0.15) is 0 Å². The lowest BCUT2D eigenvalue weighted by Gasteiger charge is -2.08. The Hall–Kier alpha value is -1.42. The van der Waals surface area contributed by atoms with Crippen LogP contribution in [-0.4, -0.2) is 24.0 Å². The van der Waals surface area contributed by atoms with E-state index in [2.05, 4.69) is 21.7 Å². The summed E-state index contributed by atoms with van der Waals surface area (Å²) < 4.78 is 0. The zero-order valence-corrected chi connectivity index (χ0v) is 10.8. The first-order valence-corrected chi connectivity index (χ1v) is 5.99. The van der Waals surface area contributed by atoms with Crippen molar-refractivity contribution in [1.29, 1.82) is 0 Å². The summed E-state index contributed by atoms with van der Waals surface area (Å²) in [6.07, 6.45) is 1.87. The van der Waals surface area contributed by atoms with Crippen molar-refractivity contribution in [3.05, 3.63) is 29.6 Å². The second-order valence-electron chi connectivity index (χ2n) is 4.43. The lowest BCUT2D eigenvalue weighted by atomic mass is 10.2. The van der Waals surface area contributed by atoms with Crippen LogP contribution in [0.15, 0.2) is 18.3 Å². The number of rotatable bonds is 6. The molecule has 17 heavy (non-hydrogen) atoms. The summed E-state index contributed by atoms with van der Waals surface area (Å²) in [7, 11) is 0. The summed E-state index contributed by atoms with van der Waals surface area (Å²) in [5, 5.41) is 6.12. The minimum atomic E-state index is 0.0521. The molecule has 0 aliphatic rings. The molecular formula is C13H21N3O. The second-order valence-corrected chi connectivity index (χ2v) is 4.43. The van der Waals surface area contributed by atoms with E-state index in [9.17, 15) is 4.79 Å². The zero-order valence-electron chi connectivity index (χ0n) is 10.8. The topological polar surface area (TPSA) is 54.0 Å². The summed E-state index contributed by atoms with van der Waals surface area (Å²) in [5.74, 6) is 0.153. The molecule has 94 valence electrons. The number of nitrogens with zero attached hydrogens (tertiary/aromatic N) is 1. The van der Waals surface area contributed by atoms with E-state index in [1.165, 1.54) is 0 Å². The van der Waals surface area contributed by atoms with Crippen molar-refractivity contribution in [2.75, 3.05) is 13.1 Å². The van der Waals surface area contributed by atoms with Crippen LogP contribution < -0.4 is 10.6 Å². The Morgan fingerprint density at radius 1 is 1.35 bits per heavy atom. The average molecular weight is 235 g/mol. The van der Waals surface area contributed by atoms with Crippen molar-refractivity contribution in [2.24, 2.45) is 5.92 Å². The zero-order chi connectivity index (χ0) is 12.7. The molecule has 0 spiro atoms. The number of hydrogen-bond donors (Lipinski definition) is 2. The highest BCUT2D eigenvalue weighted by molar-refractivity contribution is 5.77. The first-order valence-electron chi connectivity index (χ1n) is 5.99. The maximum atomic E-state index is 11.3. The van der Waals surface area contributed by atoms with Crippen LogP contribution in [0.4, 0.5) is 0 Å². The summed E-state index contributed by atoms with van der Waals surface area (Å²) in [5.41, 5.74) is 2.18. The van der Waals surface area contributed by atoms with Crippen LogP contribution >= 0.6 is 0 Å². The van der Waals surface area contributed by atoms with E-state index in [4.69, 9.17) is 0 Å². The number of amides is 1. The molecular weight excluding hydrogens is 214 g/mol. The Labute approximate surface area is 103 Å². The molecule has 0 aliphatic heterocycles. The van der Waals surface area contributed by atoms with Gasteiger partial charge in [0.2, 0.25) is 5.91 Å². The highest BCUT2D eigenvalue weighted by Crippen LogP contribution is 1.98. The van der Waals surface area contributed by atoms with Gasteiger partial charge in [0.25, 0.3) is 0 Å². The van der Waals surface area contributed by atoms with Crippen LogP contribution in [0.25, 0.3) is 0 Å². The average Bonchev–Trinajstić information content (AvgIpc) is 2.30. The molecule has 0 saturated heterocycles. The molecule has 4 heteroatoms. The molecule has 1 amide bonds. The lowest BCUT2D eigenvalue weighted by molar-refractivity contribution is -0.123. The minimum absolute atomic E-state index is 0.0521. The van der Waals surface area contributed by atoms with Crippen molar-refractivity contribution < 1.29 is 4.79 Å². The molecule has 0 fully saturated rings. The van der Waals surface area contributed by atoms with E-state index in [0.717, 1.165) is 24.3 Å². The van der Waals surface area contributed by atoms with Gasteiger partial charge in [0.05, 0.1) is 0 Å². The molecule has 0 radical (unpaired) electrons. The number of carbonyl (C=O) groups excluding carboxylic acids is 1. The van der Waals surface area contributed by atoms with Crippen molar-refractivity contribution in [3.8, 4) is 0 Å². The van der Waals surface area contributed by atoms with E-state index in [1.54, 1.807) is 0 Å². The van der Waals surface area contributed by atoms with Crippen LogP contribution in [0.2, 0.25) is 0 Å². The number of nitrogens with one attached hydrogen (secondary N) is 2. The fourth-order valence-electron chi connectivity index (χ4n) is 1.31. The molecule has 1 aromatic heterocycles. The molecule has 0 atom stereocenters. The predicted molar refractivity (Wildman–Crippen MR) is 68.5 cm³/mol. The molecule has 0 unspecified atom stereocenters. The van der Waals surface area contributed by atoms with Crippen LogP contribution in [0, 0.1) is 12.8 Å². The van der Waals surface area contributed by atoms with E-state index in [0.29, 0.717) is 6.54 Å². The number of hydrogen-bond acceptors (Lipinski definition) is 3. The van der Waals surface area contributed by atoms with Gasteiger partial charge in [-0.15, -0.1) is 0 Å². The number of aromatic nitrogens is 1. The Morgan fingerprint density at radius 3 is 2.71 bits per heavy atom. The quantitative estimate of drug-likeness (QED) is 0.730. The largest absolute Gasteiger partial charge is 0.355 e. The van der Waals surface area contributed by atoms with E-state index < -0.39 is 0 Å². The molecule has 0 bridgehead atoms. The van der Waals surface area contributed by atoms with E-state index in [-0.39, 0.29) is 11.8 Å².